The van der Waals surface area contributed by atoms with E-state index in [1.807, 2.05) is 0 Å². The molecule has 0 N–H and O–H groups in total. The molecule has 2 aliphatic rings. The van der Waals surface area contributed by atoms with Crippen molar-refractivity contribution in [2.24, 2.45) is 17.8 Å². The van der Waals surface area contributed by atoms with Gasteiger partial charge in [0.15, 0.2) is 0 Å². The molecule has 0 aromatic carbocycles. The first-order chi connectivity index (χ1) is 9.26. The van der Waals surface area contributed by atoms with Crippen molar-refractivity contribution in [2.75, 3.05) is 0 Å². The van der Waals surface area contributed by atoms with Gasteiger partial charge in [0.2, 0.25) is 0 Å². The third-order valence-corrected chi connectivity index (χ3v) is 4.30. The summed E-state index contributed by atoms with van der Waals surface area (Å²) in [6.45, 7) is 2.21. The Labute approximate surface area is 106 Å². The van der Waals surface area contributed by atoms with Crippen LogP contribution >= 0.6 is 0 Å². The maximum Gasteiger partial charge on any atom is 0.132 e. The van der Waals surface area contributed by atoms with Crippen LogP contribution in [0.5, 0.6) is 0 Å². The van der Waals surface area contributed by atoms with E-state index in [4.69, 9.17) is 5.48 Å². The molecule has 0 bridgehead atoms. The fraction of sp³-hybridized carbons (Fsp3) is 0.933. The minimum atomic E-state index is -1.98. The smallest absolute Gasteiger partial charge is 0.132 e. The Morgan fingerprint density at radius 2 is 1.62 bits per heavy atom. The molecule has 16 heavy (non-hydrogen) atoms. The van der Waals surface area contributed by atoms with Gasteiger partial charge < -0.3 is 0 Å². The van der Waals surface area contributed by atoms with E-state index in [9.17, 15) is 4.79 Å². The molecule has 0 saturated heterocycles. The molecule has 92 valence electrons. The van der Waals surface area contributed by atoms with Crippen molar-refractivity contribution in [1.29, 1.82) is 0 Å². The first kappa shape index (κ1) is 7.89. The largest absolute Gasteiger partial charge is 0.300 e. The third kappa shape index (κ3) is 3.09. The van der Waals surface area contributed by atoms with Crippen molar-refractivity contribution in [3.63, 3.8) is 0 Å². The van der Waals surface area contributed by atoms with Gasteiger partial charge in [-0.3, -0.25) is 4.79 Å². The Morgan fingerprint density at radius 1 is 1.06 bits per heavy atom. The molecule has 0 unspecified atom stereocenters. The molecular weight excluding hydrogens is 196 g/mol. The number of rotatable bonds is 3. The van der Waals surface area contributed by atoms with E-state index in [1.54, 1.807) is 0 Å². The van der Waals surface area contributed by atoms with Crippen LogP contribution in [0.3, 0.4) is 0 Å². The molecule has 1 heteroatoms. The fourth-order valence-corrected chi connectivity index (χ4v) is 3.27. The van der Waals surface area contributed by atoms with Gasteiger partial charge in [-0.1, -0.05) is 32.6 Å². The number of ketones is 1. The molecule has 0 heterocycles. The highest BCUT2D eigenvalue weighted by Gasteiger charge is 2.29. The SMILES string of the molecule is [2H]C1([2H])CC(C2CCC(CCC)CC2)CC([2H])([2H])C1=O. The summed E-state index contributed by atoms with van der Waals surface area (Å²) >= 11 is 0. The monoisotopic (exact) mass is 226 g/mol. The third-order valence-electron chi connectivity index (χ3n) is 4.30. The van der Waals surface area contributed by atoms with E-state index in [2.05, 4.69) is 6.92 Å². The van der Waals surface area contributed by atoms with Crippen LogP contribution in [-0.4, -0.2) is 5.78 Å². The van der Waals surface area contributed by atoms with Gasteiger partial charge in [-0.15, -0.1) is 0 Å². The maximum absolute atomic E-state index is 11.8. The van der Waals surface area contributed by atoms with E-state index < -0.39 is 18.5 Å². The molecule has 0 amide bonds. The van der Waals surface area contributed by atoms with Gasteiger partial charge in [0.05, 0.1) is 0 Å². The van der Waals surface area contributed by atoms with Crippen molar-refractivity contribution in [3.8, 4) is 0 Å². The lowest BCUT2D eigenvalue weighted by Crippen LogP contribution is -2.25. The average Bonchev–Trinajstić information content (AvgIpc) is 2.36. The van der Waals surface area contributed by atoms with E-state index >= 15 is 0 Å². The molecular formula is C15H26O. The number of hydrogen-bond donors (Lipinski definition) is 0. The summed E-state index contributed by atoms with van der Waals surface area (Å²) in [4.78, 5) is 11.8. The second-order valence-electron chi connectivity index (χ2n) is 5.42. The molecule has 1 nitrogen and oxygen atoms in total. The van der Waals surface area contributed by atoms with Crippen LogP contribution in [0.4, 0.5) is 0 Å². The summed E-state index contributed by atoms with van der Waals surface area (Å²) in [7, 11) is 0. The van der Waals surface area contributed by atoms with Crippen molar-refractivity contribution in [2.45, 2.75) is 71.0 Å². The predicted molar refractivity (Wildman–Crippen MR) is 67.3 cm³/mol. The zero-order valence-electron chi connectivity index (χ0n) is 14.3. The summed E-state index contributed by atoms with van der Waals surface area (Å²) in [5.74, 6) is 0.387. The van der Waals surface area contributed by atoms with Gasteiger partial charge in [0.25, 0.3) is 0 Å². The van der Waals surface area contributed by atoms with Crippen LogP contribution in [0, 0.1) is 17.8 Å². The van der Waals surface area contributed by atoms with Crippen LogP contribution in [0.2, 0.25) is 0 Å². The minimum Gasteiger partial charge on any atom is -0.300 e. The van der Waals surface area contributed by atoms with Gasteiger partial charge in [0.1, 0.15) is 5.78 Å². The van der Waals surface area contributed by atoms with Gasteiger partial charge in [-0.2, -0.15) is 0 Å². The van der Waals surface area contributed by atoms with Crippen molar-refractivity contribution < 1.29 is 10.3 Å². The van der Waals surface area contributed by atoms with E-state index in [-0.39, 0.29) is 18.8 Å². The maximum atomic E-state index is 11.8. The predicted octanol–water partition coefficient (Wildman–Crippen LogP) is 4.35. The van der Waals surface area contributed by atoms with Gasteiger partial charge in [0, 0.05) is 18.2 Å². The highest BCUT2D eigenvalue weighted by molar-refractivity contribution is 5.79. The van der Waals surface area contributed by atoms with E-state index in [1.165, 1.54) is 25.7 Å². The van der Waals surface area contributed by atoms with E-state index in [0.717, 1.165) is 18.8 Å². The molecule has 2 aliphatic carbocycles. The van der Waals surface area contributed by atoms with Crippen LogP contribution in [0.15, 0.2) is 0 Å². The number of carbonyl (C=O) groups excluding carboxylic acids is 1. The Morgan fingerprint density at radius 3 is 2.19 bits per heavy atom. The molecule has 0 aromatic heterocycles. The quantitative estimate of drug-likeness (QED) is 0.699. The molecule has 0 aromatic rings. The van der Waals surface area contributed by atoms with Crippen LogP contribution in [-0.2, 0) is 4.79 Å². The lowest BCUT2D eigenvalue weighted by molar-refractivity contribution is -0.121. The van der Waals surface area contributed by atoms with Crippen LogP contribution in [0.1, 0.15) is 76.5 Å². The summed E-state index contributed by atoms with van der Waals surface area (Å²) < 4.78 is 31.3. The molecule has 2 fully saturated rings. The van der Waals surface area contributed by atoms with Gasteiger partial charge in [-0.25, -0.2) is 0 Å². The average molecular weight is 226 g/mol. The highest BCUT2D eigenvalue weighted by atomic mass is 16.1. The van der Waals surface area contributed by atoms with Gasteiger partial charge >= 0.3 is 0 Å². The second-order valence-corrected chi connectivity index (χ2v) is 5.42. The lowest BCUT2D eigenvalue weighted by Gasteiger charge is -2.35. The molecule has 2 rings (SSSR count). The molecule has 2 saturated carbocycles. The standard InChI is InChI=1S/C15H26O/c1-2-3-12-4-6-13(7-5-12)14-8-10-15(16)11-9-14/h12-14H,2-11H2,1H3/i10D2,11D2. The Hall–Kier alpha value is -0.330. The van der Waals surface area contributed by atoms with Crippen LogP contribution in [0.25, 0.3) is 0 Å². The molecule has 0 aliphatic heterocycles. The first-order valence-electron chi connectivity index (χ1n) is 8.81. The zero-order chi connectivity index (χ0) is 15.0. The normalized spacial score (nSPS) is 42.9. The fourth-order valence-electron chi connectivity index (χ4n) is 3.27. The Balaban J connectivity index is 1.99. The summed E-state index contributed by atoms with van der Waals surface area (Å²) in [5.41, 5.74) is 0. The Kier molecular flexibility index (Phi) is 2.88. The topological polar surface area (TPSA) is 17.1 Å². The summed E-state index contributed by atoms with van der Waals surface area (Å²) in [6.07, 6.45) is 3.51. The number of hydrogen-bond acceptors (Lipinski definition) is 1. The summed E-state index contributed by atoms with van der Waals surface area (Å²) in [6, 6.07) is 0. The van der Waals surface area contributed by atoms with Gasteiger partial charge in [-0.05, 0) is 43.4 Å². The van der Waals surface area contributed by atoms with E-state index in [0.29, 0.717) is 5.92 Å². The summed E-state index contributed by atoms with van der Waals surface area (Å²) in [5, 5.41) is 0. The number of Topliss-reactive ketones (excluding diaryl/α,β-unsaturated/α-hetero) is 1. The highest BCUT2D eigenvalue weighted by Crippen LogP contribution is 2.40. The number of carbonyl (C=O) groups is 1. The Bertz CT molecular complexity index is 339. The van der Waals surface area contributed by atoms with Crippen molar-refractivity contribution in [1.82, 2.24) is 0 Å². The zero-order valence-corrected chi connectivity index (χ0v) is 10.3. The molecule has 0 radical (unpaired) electrons. The minimum absolute atomic E-state index is 0.0280. The van der Waals surface area contributed by atoms with Crippen molar-refractivity contribution >= 4 is 5.78 Å². The molecule has 0 atom stereocenters. The van der Waals surface area contributed by atoms with Crippen molar-refractivity contribution in [3.05, 3.63) is 0 Å². The lowest BCUT2D eigenvalue weighted by atomic mass is 9.70. The first-order valence-corrected chi connectivity index (χ1v) is 6.81. The molecule has 0 spiro atoms. The van der Waals surface area contributed by atoms with Crippen LogP contribution < -0.4 is 0 Å². The second kappa shape index (κ2) is 5.84.